The highest BCUT2D eigenvalue weighted by Crippen LogP contribution is 2.39. The first-order valence-corrected chi connectivity index (χ1v) is 6.30. The first-order valence-electron chi connectivity index (χ1n) is 6.30. The van der Waals surface area contributed by atoms with E-state index in [1.54, 1.807) is 0 Å². The molecule has 20 heavy (non-hydrogen) atoms. The van der Waals surface area contributed by atoms with Gasteiger partial charge in [0, 0.05) is 31.3 Å². The number of nitro groups is 1. The fourth-order valence-electron chi connectivity index (χ4n) is 2.49. The second-order valence-corrected chi connectivity index (χ2v) is 4.68. The predicted octanol–water partition coefficient (Wildman–Crippen LogP) is 0.978. The first-order chi connectivity index (χ1) is 9.61. The number of hydrogen-bond acceptors (Lipinski definition) is 6. The van der Waals surface area contributed by atoms with Crippen LogP contribution in [0.5, 0.6) is 5.75 Å². The molecule has 0 radical (unpaired) electrons. The Balaban J connectivity index is 2.04. The Morgan fingerprint density at radius 2 is 2.10 bits per heavy atom. The molecule has 0 aromatic heterocycles. The molecule has 0 bridgehead atoms. The molecular weight excluding hydrogens is 264 g/mol. The number of fused-ring (bicyclic) bond motifs is 1. The Labute approximate surface area is 115 Å². The lowest BCUT2D eigenvalue weighted by molar-refractivity contribution is -0.385. The van der Waals surface area contributed by atoms with E-state index in [4.69, 9.17) is 9.47 Å². The highest BCUT2D eigenvalue weighted by molar-refractivity contribution is 5.49. The van der Waals surface area contributed by atoms with Gasteiger partial charge < -0.3 is 14.6 Å². The zero-order valence-electron chi connectivity index (χ0n) is 10.7. The van der Waals surface area contributed by atoms with Gasteiger partial charge in [-0.15, -0.1) is 0 Å². The molecule has 0 aliphatic carbocycles. The van der Waals surface area contributed by atoms with E-state index in [2.05, 4.69) is 0 Å². The van der Waals surface area contributed by atoms with Crippen LogP contribution in [0, 0.1) is 10.1 Å². The van der Waals surface area contributed by atoms with Crippen molar-refractivity contribution in [2.45, 2.75) is 5.72 Å². The second-order valence-electron chi connectivity index (χ2n) is 4.68. The molecule has 1 N–H and O–H groups in total. The minimum atomic E-state index is -1.40. The van der Waals surface area contributed by atoms with Crippen molar-refractivity contribution < 1.29 is 19.5 Å². The van der Waals surface area contributed by atoms with Gasteiger partial charge in [0.05, 0.1) is 30.0 Å². The minimum Gasteiger partial charge on any atom is -0.465 e. The number of aliphatic hydroxyl groups is 1. The molecule has 1 fully saturated rings. The molecule has 7 heteroatoms. The summed E-state index contributed by atoms with van der Waals surface area (Å²) in [7, 11) is 0. The van der Waals surface area contributed by atoms with Gasteiger partial charge in [-0.3, -0.25) is 15.0 Å². The zero-order valence-corrected chi connectivity index (χ0v) is 10.7. The van der Waals surface area contributed by atoms with Crippen molar-refractivity contribution in [2.24, 2.45) is 0 Å². The molecular formula is C13H14N2O5. The van der Waals surface area contributed by atoms with E-state index in [1.165, 1.54) is 30.5 Å². The summed E-state index contributed by atoms with van der Waals surface area (Å²) in [6, 6.07) is 4.22. The van der Waals surface area contributed by atoms with Crippen LogP contribution in [-0.4, -0.2) is 41.2 Å². The monoisotopic (exact) mass is 278 g/mol. The summed E-state index contributed by atoms with van der Waals surface area (Å²) in [6.07, 6.45) is 2.91. The fourth-order valence-corrected chi connectivity index (χ4v) is 2.49. The van der Waals surface area contributed by atoms with Crippen molar-refractivity contribution in [3.63, 3.8) is 0 Å². The van der Waals surface area contributed by atoms with Gasteiger partial charge in [-0.1, -0.05) is 0 Å². The molecule has 106 valence electrons. The van der Waals surface area contributed by atoms with Gasteiger partial charge in [-0.05, 0) is 6.07 Å². The van der Waals surface area contributed by atoms with Crippen LogP contribution in [0.3, 0.4) is 0 Å². The number of nitro benzene ring substituents is 1. The van der Waals surface area contributed by atoms with Crippen LogP contribution in [0.1, 0.15) is 5.56 Å². The van der Waals surface area contributed by atoms with Crippen molar-refractivity contribution in [3.05, 3.63) is 46.2 Å². The quantitative estimate of drug-likeness (QED) is 0.641. The molecule has 0 spiro atoms. The number of hydrogen-bond donors (Lipinski definition) is 1. The third kappa shape index (κ3) is 2.05. The Hall–Kier alpha value is -1.96. The summed E-state index contributed by atoms with van der Waals surface area (Å²) in [5, 5.41) is 21.8. The summed E-state index contributed by atoms with van der Waals surface area (Å²) in [6.45, 7) is 2.12. The Bertz CT molecular complexity index is 568. The Morgan fingerprint density at radius 1 is 1.35 bits per heavy atom. The maximum Gasteiger partial charge on any atom is 0.270 e. The van der Waals surface area contributed by atoms with Gasteiger partial charge in [0.15, 0.2) is 5.72 Å². The highest BCUT2D eigenvalue weighted by Gasteiger charge is 2.40. The molecule has 0 amide bonds. The van der Waals surface area contributed by atoms with Crippen LogP contribution in [0.4, 0.5) is 5.69 Å². The van der Waals surface area contributed by atoms with Crippen molar-refractivity contribution in [2.75, 3.05) is 26.3 Å². The van der Waals surface area contributed by atoms with Gasteiger partial charge in [0.25, 0.3) is 5.69 Å². The summed E-state index contributed by atoms with van der Waals surface area (Å²) in [4.78, 5) is 12.2. The third-order valence-corrected chi connectivity index (χ3v) is 3.56. The predicted molar refractivity (Wildman–Crippen MR) is 69.2 cm³/mol. The smallest absolute Gasteiger partial charge is 0.270 e. The lowest BCUT2D eigenvalue weighted by Crippen LogP contribution is -2.51. The highest BCUT2D eigenvalue weighted by atomic mass is 16.6. The van der Waals surface area contributed by atoms with E-state index in [0.717, 1.165) is 0 Å². The number of benzene rings is 1. The summed E-state index contributed by atoms with van der Waals surface area (Å²) in [5.41, 5.74) is -1.09. The van der Waals surface area contributed by atoms with Crippen LogP contribution >= 0.6 is 0 Å². The number of ether oxygens (including phenoxy) is 2. The molecule has 1 aromatic carbocycles. The number of non-ortho nitro benzene ring substituents is 1. The average molecular weight is 278 g/mol. The van der Waals surface area contributed by atoms with Gasteiger partial charge in [0.2, 0.25) is 0 Å². The SMILES string of the molecule is O=[N+]([O-])c1ccc2c(c1)C(O)(N1CCOCC1)C=CO2. The third-order valence-electron chi connectivity index (χ3n) is 3.56. The largest absolute Gasteiger partial charge is 0.465 e. The molecule has 1 aromatic rings. The molecule has 1 atom stereocenters. The van der Waals surface area contributed by atoms with E-state index in [-0.39, 0.29) is 5.69 Å². The van der Waals surface area contributed by atoms with E-state index in [1.807, 2.05) is 4.90 Å². The maximum absolute atomic E-state index is 10.9. The number of nitrogens with zero attached hydrogens (tertiary/aromatic N) is 2. The standard InChI is InChI=1S/C13H14N2O5/c16-13(14-4-7-19-8-5-14)3-6-20-12-2-1-10(15(17)18)9-11(12)13/h1-3,6,9,16H,4-5,7-8H2. The lowest BCUT2D eigenvalue weighted by atomic mass is 9.97. The van der Waals surface area contributed by atoms with Crippen molar-refractivity contribution in [1.29, 1.82) is 0 Å². The number of morpholine rings is 1. The number of rotatable bonds is 2. The zero-order chi connectivity index (χ0) is 14.2. The normalized spacial score (nSPS) is 25.9. The molecule has 7 nitrogen and oxygen atoms in total. The average Bonchev–Trinajstić information content (AvgIpc) is 2.48. The fraction of sp³-hybridized carbons (Fsp3) is 0.385. The second kappa shape index (κ2) is 4.86. The Morgan fingerprint density at radius 3 is 2.80 bits per heavy atom. The maximum atomic E-state index is 10.9. The van der Waals surface area contributed by atoms with Crippen molar-refractivity contribution in [1.82, 2.24) is 4.90 Å². The van der Waals surface area contributed by atoms with E-state index >= 15 is 0 Å². The van der Waals surface area contributed by atoms with Crippen LogP contribution < -0.4 is 4.74 Å². The molecule has 0 saturated carbocycles. The molecule has 2 aliphatic heterocycles. The van der Waals surface area contributed by atoms with Crippen LogP contribution in [0.25, 0.3) is 0 Å². The van der Waals surface area contributed by atoms with Gasteiger partial charge >= 0.3 is 0 Å². The molecule has 3 rings (SSSR count). The topological polar surface area (TPSA) is 85.1 Å². The summed E-state index contributed by atoms with van der Waals surface area (Å²) >= 11 is 0. The summed E-state index contributed by atoms with van der Waals surface area (Å²) < 4.78 is 10.6. The first kappa shape index (κ1) is 13.0. The van der Waals surface area contributed by atoms with Crippen LogP contribution in [0.2, 0.25) is 0 Å². The van der Waals surface area contributed by atoms with Gasteiger partial charge in [0.1, 0.15) is 5.75 Å². The summed E-state index contributed by atoms with van der Waals surface area (Å²) in [5.74, 6) is 0.423. The van der Waals surface area contributed by atoms with Crippen LogP contribution in [0.15, 0.2) is 30.5 Å². The van der Waals surface area contributed by atoms with Gasteiger partial charge in [-0.2, -0.15) is 0 Å². The van der Waals surface area contributed by atoms with E-state index in [9.17, 15) is 15.2 Å². The van der Waals surface area contributed by atoms with Crippen molar-refractivity contribution in [3.8, 4) is 5.75 Å². The molecule has 2 aliphatic rings. The van der Waals surface area contributed by atoms with Gasteiger partial charge in [-0.25, -0.2) is 0 Å². The lowest BCUT2D eigenvalue weighted by Gasteiger charge is -2.41. The molecule has 1 unspecified atom stereocenters. The van der Waals surface area contributed by atoms with Crippen LogP contribution in [-0.2, 0) is 10.5 Å². The van der Waals surface area contributed by atoms with E-state index in [0.29, 0.717) is 37.6 Å². The minimum absolute atomic E-state index is 0.0747. The Kier molecular flexibility index (Phi) is 3.17. The van der Waals surface area contributed by atoms with E-state index < -0.39 is 10.6 Å². The van der Waals surface area contributed by atoms with Crippen molar-refractivity contribution >= 4 is 5.69 Å². The molecule has 2 heterocycles. The molecule has 1 saturated heterocycles.